The smallest absolute Gasteiger partial charge is 0.300 e. The molecule has 39 heavy (non-hydrogen) atoms. The Morgan fingerprint density at radius 3 is 2.18 bits per heavy atom. The van der Waals surface area contributed by atoms with Crippen LogP contribution in [0.4, 0.5) is 11.4 Å². The Morgan fingerprint density at radius 1 is 0.974 bits per heavy atom. The van der Waals surface area contributed by atoms with E-state index in [4.69, 9.17) is 16.3 Å². The highest BCUT2D eigenvalue weighted by Gasteiger charge is 2.47. The van der Waals surface area contributed by atoms with Gasteiger partial charge in [0.05, 0.1) is 23.2 Å². The maximum atomic E-state index is 13.5. The summed E-state index contributed by atoms with van der Waals surface area (Å²) in [5, 5.41) is 11.9. The molecular weight excluding hydrogens is 512 g/mol. The number of aliphatic hydroxyl groups is 1. The van der Waals surface area contributed by atoms with Crippen molar-refractivity contribution in [2.45, 2.75) is 46.6 Å². The van der Waals surface area contributed by atoms with Gasteiger partial charge in [0.25, 0.3) is 11.7 Å². The SMILES string of the molecule is CCOc1cc(/C(O)=C2/C(=O)C(=O)N(c3ccc(C(C)C)cc3)C2c2ccc(N(CC)CC)cc2)ccc1Cl. The number of anilines is 2. The molecular formula is C32H35ClN2O4. The van der Waals surface area contributed by atoms with Gasteiger partial charge in [0.2, 0.25) is 0 Å². The molecule has 1 N–H and O–H groups in total. The Kier molecular flexibility index (Phi) is 8.66. The molecule has 6 nitrogen and oxygen atoms in total. The highest BCUT2D eigenvalue weighted by Crippen LogP contribution is 2.43. The number of amides is 1. The molecule has 3 aromatic rings. The molecule has 0 radical (unpaired) electrons. The summed E-state index contributed by atoms with van der Waals surface area (Å²) in [6.45, 7) is 12.3. The van der Waals surface area contributed by atoms with E-state index in [9.17, 15) is 14.7 Å². The predicted molar refractivity (Wildman–Crippen MR) is 158 cm³/mol. The van der Waals surface area contributed by atoms with Crippen LogP contribution in [-0.2, 0) is 9.59 Å². The highest BCUT2D eigenvalue weighted by atomic mass is 35.5. The molecule has 3 aromatic carbocycles. The average Bonchev–Trinajstić information content (AvgIpc) is 3.20. The minimum Gasteiger partial charge on any atom is -0.507 e. The predicted octanol–water partition coefficient (Wildman–Crippen LogP) is 7.33. The molecule has 1 saturated heterocycles. The van der Waals surface area contributed by atoms with Gasteiger partial charge >= 0.3 is 0 Å². The van der Waals surface area contributed by atoms with Gasteiger partial charge < -0.3 is 14.7 Å². The Labute approximate surface area is 235 Å². The van der Waals surface area contributed by atoms with Crippen LogP contribution in [0.3, 0.4) is 0 Å². The van der Waals surface area contributed by atoms with Crippen molar-refractivity contribution in [1.29, 1.82) is 0 Å². The van der Waals surface area contributed by atoms with E-state index in [1.54, 1.807) is 18.2 Å². The summed E-state index contributed by atoms with van der Waals surface area (Å²) in [6.07, 6.45) is 0. The number of rotatable bonds is 9. The molecule has 1 fully saturated rings. The van der Waals surface area contributed by atoms with Crippen LogP contribution in [0.15, 0.2) is 72.3 Å². The molecule has 1 amide bonds. The molecule has 7 heteroatoms. The Hall–Kier alpha value is -3.77. The first-order valence-electron chi connectivity index (χ1n) is 13.4. The van der Waals surface area contributed by atoms with Crippen molar-refractivity contribution in [3.8, 4) is 5.75 Å². The van der Waals surface area contributed by atoms with Crippen LogP contribution in [-0.4, -0.2) is 36.5 Å². The molecule has 204 valence electrons. The van der Waals surface area contributed by atoms with Gasteiger partial charge in [0, 0.05) is 30.0 Å². The zero-order chi connectivity index (χ0) is 28.3. The number of aliphatic hydroxyl groups excluding tert-OH is 1. The van der Waals surface area contributed by atoms with Crippen molar-refractivity contribution in [3.05, 3.63) is 94.0 Å². The molecule has 4 rings (SSSR count). The number of Topliss-reactive ketones (excluding diaryl/α,β-unsaturated/α-hetero) is 1. The van der Waals surface area contributed by atoms with Crippen LogP contribution in [0.2, 0.25) is 5.02 Å². The van der Waals surface area contributed by atoms with Crippen molar-refractivity contribution in [2.75, 3.05) is 29.5 Å². The fourth-order valence-electron chi connectivity index (χ4n) is 4.96. The second kappa shape index (κ2) is 12.0. The molecule has 1 aliphatic rings. The lowest BCUT2D eigenvalue weighted by Crippen LogP contribution is -2.29. The van der Waals surface area contributed by atoms with Gasteiger partial charge in [-0.15, -0.1) is 0 Å². The third kappa shape index (κ3) is 5.52. The van der Waals surface area contributed by atoms with E-state index in [1.165, 1.54) is 4.90 Å². The van der Waals surface area contributed by atoms with Gasteiger partial charge in [-0.25, -0.2) is 0 Å². The largest absolute Gasteiger partial charge is 0.507 e. The molecule has 0 spiro atoms. The number of ketones is 1. The lowest BCUT2D eigenvalue weighted by Gasteiger charge is -2.27. The summed E-state index contributed by atoms with van der Waals surface area (Å²) in [7, 11) is 0. The van der Waals surface area contributed by atoms with Gasteiger partial charge in [-0.1, -0.05) is 49.7 Å². The first-order chi connectivity index (χ1) is 18.7. The molecule has 1 aliphatic heterocycles. The quantitative estimate of drug-likeness (QED) is 0.173. The number of benzene rings is 3. The van der Waals surface area contributed by atoms with E-state index in [-0.39, 0.29) is 11.3 Å². The van der Waals surface area contributed by atoms with E-state index < -0.39 is 17.7 Å². The molecule has 1 unspecified atom stereocenters. The van der Waals surface area contributed by atoms with Gasteiger partial charge in [0.15, 0.2) is 0 Å². The maximum Gasteiger partial charge on any atom is 0.300 e. The molecule has 0 aromatic heterocycles. The lowest BCUT2D eigenvalue weighted by molar-refractivity contribution is -0.132. The molecule has 0 aliphatic carbocycles. The van der Waals surface area contributed by atoms with Crippen molar-refractivity contribution in [2.24, 2.45) is 0 Å². The Bertz CT molecular complexity index is 1380. The van der Waals surface area contributed by atoms with Crippen LogP contribution in [0.5, 0.6) is 5.75 Å². The number of nitrogens with zero attached hydrogens (tertiary/aromatic N) is 2. The Balaban J connectivity index is 1.89. The van der Waals surface area contributed by atoms with Gasteiger partial charge in [-0.3, -0.25) is 14.5 Å². The summed E-state index contributed by atoms with van der Waals surface area (Å²) in [5.74, 6) is -0.994. The standard InChI is InChI=1S/C32H35ClN2O4/c1-6-34(7-2)24-14-11-22(12-15-24)29-28(30(36)23-13-18-26(33)27(19-23)39-8-3)31(37)32(38)35(29)25-16-9-21(10-17-25)20(4)5/h9-20,29,36H,6-8H2,1-5H3/b30-28-. The topological polar surface area (TPSA) is 70.1 Å². The summed E-state index contributed by atoms with van der Waals surface area (Å²) in [6, 6.07) is 19.4. The number of ether oxygens (including phenoxy) is 1. The van der Waals surface area contributed by atoms with E-state index >= 15 is 0 Å². The van der Waals surface area contributed by atoms with Crippen LogP contribution in [0.25, 0.3) is 5.76 Å². The van der Waals surface area contributed by atoms with Crippen LogP contribution >= 0.6 is 11.6 Å². The van der Waals surface area contributed by atoms with Crippen molar-refractivity contribution in [3.63, 3.8) is 0 Å². The minimum atomic E-state index is -0.813. The summed E-state index contributed by atoms with van der Waals surface area (Å²) < 4.78 is 5.59. The van der Waals surface area contributed by atoms with Crippen molar-refractivity contribution < 1.29 is 19.4 Å². The summed E-state index contributed by atoms with van der Waals surface area (Å²) in [4.78, 5) is 30.7. The fraction of sp³-hybridized carbons (Fsp3) is 0.312. The first kappa shape index (κ1) is 28.2. The van der Waals surface area contributed by atoms with Crippen LogP contribution < -0.4 is 14.5 Å². The molecule has 0 saturated carbocycles. The zero-order valence-corrected chi connectivity index (χ0v) is 23.8. The van der Waals surface area contributed by atoms with E-state index in [2.05, 4.69) is 32.6 Å². The third-order valence-corrected chi connectivity index (χ3v) is 7.44. The number of carbonyl (C=O) groups is 2. The normalized spacial score (nSPS) is 16.7. The van der Waals surface area contributed by atoms with Crippen LogP contribution in [0.1, 0.15) is 63.3 Å². The van der Waals surface area contributed by atoms with Crippen molar-refractivity contribution >= 4 is 40.4 Å². The maximum absolute atomic E-state index is 13.5. The van der Waals surface area contributed by atoms with Gasteiger partial charge in [0.1, 0.15) is 11.5 Å². The molecule has 0 bridgehead atoms. The summed E-state index contributed by atoms with van der Waals surface area (Å²) in [5.41, 5.74) is 3.85. The highest BCUT2D eigenvalue weighted by molar-refractivity contribution is 6.51. The second-order valence-corrected chi connectivity index (χ2v) is 10.2. The number of hydrogen-bond acceptors (Lipinski definition) is 5. The zero-order valence-electron chi connectivity index (χ0n) is 23.1. The van der Waals surface area contributed by atoms with Gasteiger partial charge in [-0.2, -0.15) is 0 Å². The van der Waals surface area contributed by atoms with E-state index in [0.717, 1.165) is 29.9 Å². The number of hydrogen-bond donors (Lipinski definition) is 1. The summed E-state index contributed by atoms with van der Waals surface area (Å²) >= 11 is 6.26. The van der Waals surface area contributed by atoms with Crippen molar-refractivity contribution in [1.82, 2.24) is 0 Å². The average molecular weight is 547 g/mol. The lowest BCUT2D eigenvalue weighted by atomic mass is 9.94. The Morgan fingerprint density at radius 2 is 1.62 bits per heavy atom. The van der Waals surface area contributed by atoms with E-state index in [0.29, 0.717) is 34.5 Å². The minimum absolute atomic E-state index is 0.0216. The fourth-order valence-corrected chi connectivity index (χ4v) is 5.13. The molecule has 1 heterocycles. The van der Waals surface area contributed by atoms with Gasteiger partial charge in [-0.05, 0) is 80.3 Å². The van der Waals surface area contributed by atoms with Crippen LogP contribution in [0, 0.1) is 0 Å². The monoisotopic (exact) mass is 546 g/mol. The number of halogens is 1. The second-order valence-electron chi connectivity index (χ2n) is 9.76. The molecule has 1 atom stereocenters. The van der Waals surface area contributed by atoms with E-state index in [1.807, 2.05) is 55.5 Å². The first-order valence-corrected chi connectivity index (χ1v) is 13.8. The number of carbonyl (C=O) groups excluding carboxylic acids is 2. The third-order valence-electron chi connectivity index (χ3n) is 7.12.